The lowest BCUT2D eigenvalue weighted by Crippen LogP contribution is -2.62. The maximum absolute atomic E-state index is 14.5. The third-order valence-electron chi connectivity index (χ3n) is 11.0. The molecule has 0 aliphatic carbocycles. The lowest BCUT2D eigenvalue weighted by Gasteiger charge is -2.39. The van der Waals surface area contributed by atoms with Gasteiger partial charge in [0, 0.05) is 31.7 Å². The Morgan fingerprint density at radius 1 is 0.847 bits per heavy atom. The minimum Gasteiger partial charge on any atom is -0.461 e. The molecule has 2 aromatic rings. The predicted molar refractivity (Wildman–Crippen MR) is 203 cm³/mol. The molecule has 4 N–H and O–H groups in total. The van der Waals surface area contributed by atoms with E-state index >= 15 is 0 Å². The number of carbonyl (C=O) groups is 7. The van der Waals surface area contributed by atoms with Crippen LogP contribution in [0, 0.1) is 5.92 Å². The number of halogens is 3. The normalized spacial score (nSPS) is 26.2. The fourth-order valence-electron chi connectivity index (χ4n) is 8.11. The molecule has 0 spiro atoms. The average molecular weight is 828 g/mol. The Balaban J connectivity index is 1.27. The fourth-order valence-corrected chi connectivity index (χ4v) is 8.11. The number of nitrogens with one attached hydrogen (secondary N) is 4. The molecule has 7 amide bonds. The Bertz CT molecular complexity index is 1900. The highest BCUT2D eigenvalue weighted by Gasteiger charge is 2.46. The Hall–Kier alpha value is -5.88. The molecule has 4 saturated heterocycles. The zero-order valence-corrected chi connectivity index (χ0v) is 32.7. The van der Waals surface area contributed by atoms with Gasteiger partial charge in [-0.3, -0.25) is 24.0 Å². The second kappa shape index (κ2) is 18.4. The zero-order chi connectivity index (χ0) is 42.4. The molecule has 4 heterocycles. The molecular formula is C40H48F3N7O9. The van der Waals surface area contributed by atoms with Gasteiger partial charge >= 0.3 is 18.4 Å². The second-order valence-corrected chi connectivity index (χ2v) is 15.4. The monoisotopic (exact) mass is 827 g/mol. The molecule has 16 nitrogen and oxygen atoms in total. The number of ether oxygens (including phenoxy) is 2. The number of hydrogen-bond acceptors (Lipinski definition) is 9. The van der Waals surface area contributed by atoms with Crippen molar-refractivity contribution in [3.8, 4) is 5.75 Å². The quantitative estimate of drug-likeness (QED) is 0.304. The highest BCUT2D eigenvalue weighted by Crippen LogP contribution is 2.28. The zero-order valence-electron chi connectivity index (χ0n) is 32.7. The van der Waals surface area contributed by atoms with E-state index in [9.17, 15) is 46.7 Å². The molecule has 19 heteroatoms. The summed E-state index contributed by atoms with van der Waals surface area (Å²) < 4.78 is 47.5. The van der Waals surface area contributed by atoms with Gasteiger partial charge in [-0.05, 0) is 81.2 Å². The number of rotatable bonds is 7. The minimum absolute atomic E-state index is 0.0718. The Kier molecular flexibility index (Phi) is 13.3. The van der Waals surface area contributed by atoms with Crippen molar-refractivity contribution < 1.29 is 56.2 Å². The number of alkyl halides is 3. The SMILES string of the molecule is C[C@@H]1C[C@H]2C(=O)OC[C@H](NC(=O)[C@H](Cc3ccccc3)NC(=O)Nc3ccc(OC(F)(F)F)cc3)C(=O)N3CCC[C@H]3C(=O)N3CCCC[C@H]3C(=O)N[C@@H](C)C(=O)N2C1. The van der Waals surface area contributed by atoms with Gasteiger partial charge in [-0.1, -0.05) is 37.3 Å². The van der Waals surface area contributed by atoms with Crippen LogP contribution in [0.5, 0.6) is 5.75 Å². The van der Waals surface area contributed by atoms with E-state index in [0.717, 1.165) is 12.1 Å². The molecule has 0 unspecified atom stereocenters. The van der Waals surface area contributed by atoms with Crippen LogP contribution in [-0.2, 0) is 39.9 Å². The van der Waals surface area contributed by atoms with Crippen LogP contribution in [0.15, 0.2) is 54.6 Å². The van der Waals surface area contributed by atoms with E-state index in [-0.39, 0.29) is 50.5 Å². The Labute approximate surface area is 338 Å². The van der Waals surface area contributed by atoms with E-state index in [1.807, 2.05) is 6.92 Å². The van der Waals surface area contributed by atoms with Gasteiger partial charge in [0.1, 0.15) is 48.6 Å². The van der Waals surface area contributed by atoms with E-state index in [1.165, 1.54) is 33.8 Å². The summed E-state index contributed by atoms with van der Waals surface area (Å²) in [5, 5.41) is 10.4. The largest absolute Gasteiger partial charge is 0.573 e. The molecule has 0 radical (unpaired) electrons. The molecule has 318 valence electrons. The molecule has 4 fully saturated rings. The van der Waals surface area contributed by atoms with E-state index in [1.54, 1.807) is 30.3 Å². The van der Waals surface area contributed by atoms with Crippen molar-refractivity contribution in [3.05, 3.63) is 60.2 Å². The molecule has 0 aromatic heterocycles. The van der Waals surface area contributed by atoms with Crippen LogP contribution in [0.1, 0.15) is 57.9 Å². The van der Waals surface area contributed by atoms with Crippen molar-refractivity contribution in [3.63, 3.8) is 0 Å². The van der Waals surface area contributed by atoms with E-state index in [2.05, 4.69) is 26.0 Å². The summed E-state index contributed by atoms with van der Waals surface area (Å²) in [6.07, 6.45) is -2.35. The van der Waals surface area contributed by atoms with Gasteiger partial charge in [-0.2, -0.15) is 0 Å². The van der Waals surface area contributed by atoms with E-state index in [0.29, 0.717) is 31.2 Å². The number of cyclic esters (lactones) is 1. The molecule has 0 bridgehead atoms. The smallest absolute Gasteiger partial charge is 0.461 e. The van der Waals surface area contributed by atoms with Gasteiger partial charge < -0.3 is 45.4 Å². The number of carbonyl (C=O) groups excluding carboxylic acids is 7. The Morgan fingerprint density at radius 3 is 2.24 bits per heavy atom. The third kappa shape index (κ3) is 10.6. The molecule has 4 aliphatic heterocycles. The molecule has 7 atom stereocenters. The number of hydrogen-bond donors (Lipinski definition) is 4. The van der Waals surface area contributed by atoms with Crippen molar-refractivity contribution in [2.75, 3.05) is 31.6 Å². The van der Waals surface area contributed by atoms with Gasteiger partial charge in [0.2, 0.25) is 29.5 Å². The average Bonchev–Trinajstić information content (AvgIpc) is 3.86. The number of esters is 1. The number of fused-ring (bicyclic) bond motifs is 3. The van der Waals surface area contributed by atoms with Crippen LogP contribution in [0.2, 0.25) is 0 Å². The van der Waals surface area contributed by atoms with E-state index in [4.69, 9.17) is 4.74 Å². The molecule has 59 heavy (non-hydrogen) atoms. The van der Waals surface area contributed by atoms with Crippen molar-refractivity contribution in [2.45, 2.75) is 101 Å². The summed E-state index contributed by atoms with van der Waals surface area (Å²) in [6, 6.07) is 5.26. The highest BCUT2D eigenvalue weighted by atomic mass is 19.4. The van der Waals surface area contributed by atoms with Crippen LogP contribution in [-0.4, -0.2) is 125 Å². The van der Waals surface area contributed by atoms with Crippen LogP contribution in [0.25, 0.3) is 0 Å². The lowest BCUT2D eigenvalue weighted by atomic mass is 9.99. The van der Waals surface area contributed by atoms with E-state index < -0.39 is 96.5 Å². The Morgan fingerprint density at radius 2 is 1.53 bits per heavy atom. The van der Waals surface area contributed by atoms with Crippen molar-refractivity contribution >= 4 is 47.2 Å². The first kappa shape index (κ1) is 42.7. The molecule has 6 rings (SSSR count). The fraction of sp³-hybridized carbons (Fsp3) is 0.525. The number of nitrogens with zero attached hydrogens (tertiary/aromatic N) is 3. The van der Waals surface area contributed by atoms with Crippen molar-refractivity contribution in [2.24, 2.45) is 5.92 Å². The summed E-state index contributed by atoms with van der Waals surface area (Å²) in [7, 11) is 0. The number of benzene rings is 2. The maximum atomic E-state index is 14.5. The van der Waals surface area contributed by atoms with Crippen molar-refractivity contribution in [1.29, 1.82) is 0 Å². The third-order valence-corrected chi connectivity index (χ3v) is 11.0. The number of anilines is 1. The van der Waals surface area contributed by atoms with Crippen molar-refractivity contribution in [1.82, 2.24) is 30.7 Å². The first-order chi connectivity index (χ1) is 28.1. The first-order valence-electron chi connectivity index (χ1n) is 19.7. The van der Waals surface area contributed by atoms with Gasteiger partial charge in [0.05, 0.1) is 0 Å². The maximum Gasteiger partial charge on any atom is 0.573 e. The van der Waals surface area contributed by atoms with Crippen LogP contribution < -0.4 is 26.0 Å². The molecule has 2 aromatic carbocycles. The lowest BCUT2D eigenvalue weighted by molar-refractivity contribution is -0.274. The van der Waals surface area contributed by atoms with Crippen LogP contribution in [0.4, 0.5) is 23.7 Å². The highest BCUT2D eigenvalue weighted by molar-refractivity contribution is 5.98. The molecular weight excluding hydrogens is 779 g/mol. The van der Waals surface area contributed by atoms with Gasteiger partial charge in [-0.25, -0.2) is 9.59 Å². The number of piperidine rings is 1. The molecule has 4 aliphatic rings. The summed E-state index contributed by atoms with van der Waals surface area (Å²) in [5.41, 5.74) is 0.703. The number of amides is 7. The second-order valence-electron chi connectivity index (χ2n) is 15.4. The summed E-state index contributed by atoms with van der Waals surface area (Å²) >= 11 is 0. The van der Waals surface area contributed by atoms with Gasteiger partial charge in [0.15, 0.2) is 0 Å². The minimum atomic E-state index is -4.91. The summed E-state index contributed by atoms with van der Waals surface area (Å²) in [5.74, 6) is -4.47. The predicted octanol–water partition coefficient (Wildman–Crippen LogP) is 2.47. The summed E-state index contributed by atoms with van der Waals surface area (Å²) in [6.45, 7) is 3.33. The first-order valence-corrected chi connectivity index (χ1v) is 19.7. The van der Waals surface area contributed by atoms with Crippen LogP contribution >= 0.6 is 0 Å². The van der Waals surface area contributed by atoms with Gasteiger partial charge in [0.25, 0.3) is 0 Å². The number of urea groups is 1. The van der Waals surface area contributed by atoms with Gasteiger partial charge in [-0.15, -0.1) is 13.2 Å². The van der Waals surface area contributed by atoms with Crippen LogP contribution in [0.3, 0.4) is 0 Å². The standard InChI is InChI=1S/C40H48F3N7O9/c1-23-19-32-38(56)58-22-29(36(54)49-18-8-12-31(49)37(55)48-17-7-6-11-30(48)34(52)44-24(2)35(53)50(32)21-23)46-33(51)28(20-25-9-4-3-5-10-25)47-39(57)45-26-13-15-27(16-14-26)59-40(41,42)43/h3-5,9-10,13-16,23-24,28-32H,6-8,11-12,17-22H2,1-2H3,(H,44,52)(H,46,51)(H2,45,47,57)/t23-,24+,28+,29+,30+,31+,32+/m1/s1. The summed E-state index contributed by atoms with van der Waals surface area (Å²) in [4.78, 5) is 101. The molecule has 0 saturated carbocycles. The topological polar surface area (TPSA) is 196 Å².